The van der Waals surface area contributed by atoms with Gasteiger partial charge in [-0.05, 0) is 37.1 Å². The molecule has 0 spiro atoms. The molecule has 0 saturated carbocycles. The molecule has 5 nitrogen and oxygen atoms in total. The summed E-state index contributed by atoms with van der Waals surface area (Å²) in [5, 5.41) is 8.22. The molecule has 23 heavy (non-hydrogen) atoms. The van der Waals surface area contributed by atoms with E-state index in [0.29, 0.717) is 18.1 Å². The van der Waals surface area contributed by atoms with Crippen LogP contribution in [-0.2, 0) is 11.3 Å². The van der Waals surface area contributed by atoms with Crippen molar-refractivity contribution in [2.75, 3.05) is 19.6 Å². The third-order valence-electron chi connectivity index (χ3n) is 3.79. The van der Waals surface area contributed by atoms with E-state index < -0.39 is 0 Å². The Morgan fingerprint density at radius 2 is 1.91 bits per heavy atom. The number of hydrogen-bond acceptors (Lipinski definition) is 3. The van der Waals surface area contributed by atoms with Crippen molar-refractivity contribution in [3.63, 3.8) is 0 Å². The van der Waals surface area contributed by atoms with Crippen molar-refractivity contribution in [1.82, 2.24) is 20.0 Å². The van der Waals surface area contributed by atoms with Gasteiger partial charge in [0.2, 0.25) is 5.91 Å². The standard InChI is InChI=1S/C16H19ClN4O.ClH/c17-14-3-5-15(6-4-14)21-12-13(10-19-21)9-18-11-16(22)20-7-1-2-8-20;/h3-6,10,12,18H,1-2,7-9,11H2;1H. The molecule has 2 aromatic rings. The van der Waals surface area contributed by atoms with Gasteiger partial charge in [0.1, 0.15) is 0 Å². The fourth-order valence-electron chi connectivity index (χ4n) is 2.58. The lowest BCUT2D eigenvalue weighted by Crippen LogP contribution is -2.35. The molecule has 0 aliphatic carbocycles. The number of nitrogens with one attached hydrogen (secondary N) is 1. The minimum atomic E-state index is 0. The first-order valence-corrected chi connectivity index (χ1v) is 7.88. The Morgan fingerprint density at radius 3 is 2.61 bits per heavy atom. The maximum atomic E-state index is 11.9. The normalized spacial score (nSPS) is 13.9. The number of carbonyl (C=O) groups is 1. The van der Waals surface area contributed by atoms with Crippen LogP contribution in [-0.4, -0.2) is 40.2 Å². The van der Waals surface area contributed by atoms with E-state index in [4.69, 9.17) is 11.6 Å². The summed E-state index contributed by atoms with van der Waals surface area (Å²) >= 11 is 5.88. The van der Waals surface area contributed by atoms with Crippen molar-refractivity contribution in [2.24, 2.45) is 0 Å². The van der Waals surface area contributed by atoms with E-state index in [2.05, 4.69) is 10.4 Å². The average molecular weight is 355 g/mol. The Hall–Kier alpha value is -1.56. The maximum Gasteiger partial charge on any atom is 0.236 e. The minimum absolute atomic E-state index is 0. The molecule has 1 aromatic heterocycles. The molecule has 124 valence electrons. The molecule has 2 heterocycles. The van der Waals surface area contributed by atoms with Crippen LogP contribution in [0.3, 0.4) is 0 Å². The second-order valence-electron chi connectivity index (χ2n) is 5.46. The SMILES string of the molecule is Cl.O=C(CNCc1cnn(-c2ccc(Cl)cc2)c1)N1CCCC1. The highest BCUT2D eigenvalue weighted by atomic mass is 35.5. The molecule has 1 amide bonds. The largest absolute Gasteiger partial charge is 0.342 e. The summed E-state index contributed by atoms with van der Waals surface area (Å²) < 4.78 is 1.80. The summed E-state index contributed by atoms with van der Waals surface area (Å²) in [5.41, 5.74) is 2.01. The van der Waals surface area contributed by atoms with Crippen LogP contribution in [0, 0.1) is 0 Å². The first-order valence-electron chi connectivity index (χ1n) is 7.50. The molecule has 1 aliphatic rings. The van der Waals surface area contributed by atoms with Crippen LogP contribution in [0.2, 0.25) is 5.02 Å². The van der Waals surface area contributed by atoms with Crippen molar-refractivity contribution < 1.29 is 4.79 Å². The monoisotopic (exact) mass is 354 g/mol. The zero-order valence-corrected chi connectivity index (χ0v) is 14.3. The number of carbonyl (C=O) groups excluding carboxylic acids is 1. The lowest BCUT2D eigenvalue weighted by atomic mass is 10.3. The van der Waals surface area contributed by atoms with Crippen LogP contribution >= 0.6 is 24.0 Å². The Morgan fingerprint density at radius 1 is 1.22 bits per heavy atom. The second-order valence-corrected chi connectivity index (χ2v) is 5.90. The van der Waals surface area contributed by atoms with Crippen molar-refractivity contribution in [2.45, 2.75) is 19.4 Å². The van der Waals surface area contributed by atoms with E-state index in [1.807, 2.05) is 41.6 Å². The summed E-state index contributed by atoms with van der Waals surface area (Å²) in [5.74, 6) is 0.183. The number of amides is 1. The summed E-state index contributed by atoms with van der Waals surface area (Å²) in [6.07, 6.45) is 6.01. The summed E-state index contributed by atoms with van der Waals surface area (Å²) in [7, 11) is 0. The van der Waals surface area contributed by atoms with Crippen molar-refractivity contribution in [3.8, 4) is 5.69 Å². The van der Waals surface area contributed by atoms with Gasteiger partial charge in [0, 0.05) is 36.4 Å². The smallest absolute Gasteiger partial charge is 0.236 e. The molecule has 7 heteroatoms. The minimum Gasteiger partial charge on any atom is -0.342 e. The lowest BCUT2D eigenvalue weighted by molar-refractivity contribution is -0.129. The second kappa shape index (κ2) is 8.34. The number of likely N-dealkylation sites (tertiary alicyclic amines) is 1. The fraction of sp³-hybridized carbons (Fsp3) is 0.375. The molecule has 1 N–H and O–H groups in total. The van der Waals surface area contributed by atoms with Crippen LogP contribution < -0.4 is 5.32 Å². The van der Waals surface area contributed by atoms with Crippen LogP contribution in [0.1, 0.15) is 18.4 Å². The van der Waals surface area contributed by atoms with Gasteiger partial charge in [-0.2, -0.15) is 5.10 Å². The summed E-state index contributed by atoms with van der Waals surface area (Å²) in [6.45, 7) is 2.81. The lowest BCUT2D eigenvalue weighted by Gasteiger charge is -2.15. The fourth-order valence-corrected chi connectivity index (χ4v) is 2.70. The maximum absolute atomic E-state index is 11.9. The molecule has 1 saturated heterocycles. The number of aromatic nitrogens is 2. The molecule has 0 bridgehead atoms. The van der Waals surface area contributed by atoms with E-state index in [-0.39, 0.29) is 18.3 Å². The zero-order chi connectivity index (χ0) is 15.4. The molecule has 0 unspecified atom stereocenters. The Kier molecular flexibility index (Phi) is 6.45. The van der Waals surface area contributed by atoms with Crippen LogP contribution in [0.15, 0.2) is 36.7 Å². The van der Waals surface area contributed by atoms with Gasteiger partial charge in [-0.3, -0.25) is 4.79 Å². The van der Waals surface area contributed by atoms with Crippen LogP contribution in [0.4, 0.5) is 0 Å². The van der Waals surface area contributed by atoms with Gasteiger partial charge in [0.15, 0.2) is 0 Å². The van der Waals surface area contributed by atoms with E-state index in [0.717, 1.165) is 37.2 Å². The van der Waals surface area contributed by atoms with Gasteiger partial charge in [0.05, 0.1) is 18.4 Å². The third-order valence-corrected chi connectivity index (χ3v) is 4.04. The van der Waals surface area contributed by atoms with Crippen molar-refractivity contribution >= 4 is 29.9 Å². The molecule has 1 aromatic carbocycles. The van der Waals surface area contributed by atoms with Gasteiger partial charge in [-0.25, -0.2) is 4.68 Å². The molecular formula is C16H20Cl2N4O. The Labute approximate surface area is 147 Å². The quantitative estimate of drug-likeness (QED) is 0.897. The molecule has 3 rings (SSSR count). The summed E-state index contributed by atoms with van der Waals surface area (Å²) in [6, 6.07) is 7.52. The molecular weight excluding hydrogens is 335 g/mol. The first kappa shape index (κ1) is 17.8. The summed E-state index contributed by atoms with van der Waals surface area (Å²) in [4.78, 5) is 13.8. The number of benzene rings is 1. The van der Waals surface area contributed by atoms with Crippen LogP contribution in [0.25, 0.3) is 5.69 Å². The zero-order valence-electron chi connectivity index (χ0n) is 12.7. The van der Waals surface area contributed by atoms with Crippen molar-refractivity contribution in [3.05, 3.63) is 47.2 Å². The molecule has 0 atom stereocenters. The average Bonchev–Trinajstić information content (AvgIpc) is 3.19. The first-order chi connectivity index (χ1) is 10.7. The van der Waals surface area contributed by atoms with Crippen molar-refractivity contribution in [1.29, 1.82) is 0 Å². The van der Waals surface area contributed by atoms with Gasteiger partial charge < -0.3 is 10.2 Å². The number of halogens is 2. The molecule has 1 aliphatic heterocycles. The van der Waals surface area contributed by atoms with Gasteiger partial charge >= 0.3 is 0 Å². The Bertz CT molecular complexity index is 636. The topological polar surface area (TPSA) is 50.2 Å². The van der Waals surface area contributed by atoms with E-state index in [1.54, 1.807) is 4.68 Å². The van der Waals surface area contributed by atoms with Gasteiger partial charge in [-0.15, -0.1) is 12.4 Å². The highest BCUT2D eigenvalue weighted by Gasteiger charge is 2.16. The highest BCUT2D eigenvalue weighted by molar-refractivity contribution is 6.30. The molecule has 1 fully saturated rings. The third kappa shape index (κ3) is 4.70. The predicted octanol–water partition coefficient (Wildman–Crippen LogP) is 2.66. The van der Waals surface area contributed by atoms with Gasteiger partial charge in [-0.1, -0.05) is 11.6 Å². The van der Waals surface area contributed by atoms with E-state index in [1.165, 1.54) is 0 Å². The Balaban J connectivity index is 0.00000192. The van der Waals surface area contributed by atoms with E-state index in [9.17, 15) is 4.79 Å². The van der Waals surface area contributed by atoms with Gasteiger partial charge in [0.25, 0.3) is 0 Å². The number of nitrogens with zero attached hydrogens (tertiary/aromatic N) is 3. The highest BCUT2D eigenvalue weighted by Crippen LogP contribution is 2.13. The number of rotatable bonds is 5. The number of hydrogen-bond donors (Lipinski definition) is 1. The van der Waals surface area contributed by atoms with Crippen LogP contribution in [0.5, 0.6) is 0 Å². The predicted molar refractivity (Wildman–Crippen MR) is 93.3 cm³/mol. The van der Waals surface area contributed by atoms with E-state index >= 15 is 0 Å². The molecule has 0 radical (unpaired) electrons.